The first-order valence-corrected chi connectivity index (χ1v) is 14.2. The Hall–Kier alpha value is -4.27. The van der Waals surface area contributed by atoms with Crippen LogP contribution in [-0.4, -0.2) is 24.3 Å². The van der Waals surface area contributed by atoms with E-state index < -0.39 is 12.0 Å². The van der Waals surface area contributed by atoms with Gasteiger partial charge in [-0.05, 0) is 41.3 Å². The molecule has 39 heavy (non-hydrogen) atoms. The predicted molar refractivity (Wildman–Crippen MR) is 156 cm³/mol. The van der Waals surface area contributed by atoms with E-state index in [9.17, 15) is 9.59 Å². The van der Waals surface area contributed by atoms with Crippen molar-refractivity contribution in [3.05, 3.63) is 126 Å². The van der Waals surface area contributed by atoms with Crippen LogP contribution in [0.1, 0.15) is 29.0 Å². The zero-order valence-electron chi connectivity index (χ0n) is 21.3. The molecule has 8 heteroatoms. The minimum absolute atomic E-state index is 0.187. The van der Waals surface area contributed by atoms with Gasteiger partial charge in [0, 0.05) is 16.0 Å². The monoisotopic (exact) mass is 552 g/mol. The molecule has 3 heterocycles. The minimum atomic E-state index is -0.818. The number of hydrogen-bond acceptors (Lipinski definition) is 7. The van der Waals surface area contributed by atoms with Crippen molar-refractivity contribution in [3.63, 3.8) is 0 Å². The van der Waals surface area contributed by atoms with Gasteiger partial charge in [0.15, 0.2) is 4.80 Å². The number of aromatic nitrogens is 1. The van der Waals surface area contributed by atoms with Gasteiger partial charge in [0.05, 0.1) is 29.5 Å². The highest BCUT2D eigenvalue weighted by molar-refractivity contribution is 7.11. The maximum Gasteiger partial charge on any atom is 0.338 e. The van der Waals surface area contributed by atoms with Gasteiger partial charge in [-0.1, -0.05) is 78.1 Å². The Morgan fingerprint density at radius 3 is 2.56 bits per heavy atom. The second-order valence-corrected chi connectivity index (χ2v) is 10.8. The predicted octanol–water partition coefficient (Wildman–Crippen LogP) is 5.16. The maximum atomic E-state index is 14.1. The largest absolute Gasteiger partial charge is 0.496 e. The average molecular weight is 553 g/mol. The number of thiophene rings is 1. The van der Waals surface area contributed by atoms with Gasteiger partial charge in [-0.25, -0.2) is 9.79 Å². The number of carbonyl (C=O) groups is 1. The SMILES string of the molecule is CCOC(=O)C1=C(c2ccccc2)N=c2s/c(=C\c3cccs3)c(=O)n2C1c1c(OC)ccc2ccccc12. The Balaban J connectivity index is 1.77. The molecule has 1 aliphatic rings. The lowest BCUT2D eigenvalue weighted by atomic mass is 9.89. The van der Waals surface area contributed by atoms with Gasteiger partial charge in [0.2, 0.25) is 0 Å². The van der Waals surface area contributed by atoms with Gasteiger partial charge >= 0.3 is 5.97 Å². The summed E-state index contributed by atoms with van der Waals surface area (Å²) in [5, 5.41) is 3.82. The van der Waals surface area contributed by atoms with Gasteiger partial charge in [-0.2, -0.15) is 0 Å². The highest BCUT2D eigenvalue weighted by Crippen LogP contribution is 2.42. The number of ether oxygens (including phenoxy) is 2. The van der Waals surface area contributed by atoms with Crippen LogP contribution in [0, 0.1) is 0 Å². The fourth-order valence-electron chi connectivity index (χ4n) is 4.95. The summed E-state index contributed by atoms with van der Waals surface area (Å²) in [5.74, 6) is 0.0512. The molecule has 0 fully saturated rings. The van der Waals surface area contributed by atoms with Crippen LogP contribution >= 0.6 is 22.7 Å². The van der Waals surface area contributed by atoms with E-state index in [0.717, 1.165) is 21.2 Å². The lowest BCUT2D eigenvalue weighted by Crippen LogP contribution is -2.40. The molecule has 1 aliphatic heterocycles. The molecule has 0 N–H and O–H groups in total. The summed E-state index contributed by atoms with van der Waals surface area (Å²) in [6.45, 7) is 1.96. The van der Waals surface area contributed by atoms with Crippen LogP contribution in [0.3, 0.4) is 0 Å². The summed E-state index contributed by atoms with van der Waals surface area (Å²) in [4.78, 5) is 34.3. The summed E-state index contributed by atoms with van der Waals surface area (Å²) in [7, 11) is 1.60. The van der Waals surface area contributed by atoms with Gasteiger partial charge in [-0.15, -0.1) is 11.3 Å². The van der Waals surface area contributed by atoms with Crippen LogP contribution in [0.25, 0.3) is 22.5 Å². The molecule has 0 saturated heterocycles. The molecule has 2 aromatic heterocycles. The van der Waals surface area contributed by atoms with Gasteiger partial charge in [0.25, 0.3) is 5.56 Å². The Labute approximate surface area is 232 Å². The van der Waals surface area contributed by atoms with Crippen LogP contribution in [0.5, 0.6) is 5.75 Å². The molecule has 194 valence electrons. The molecule has 1 atom stereocenters. The maximum absolute atomic E-state index is 14.1. The van der Waals surface area contributed by atoms with Crippen molar-refractivity contribution >= 4 is 51.2 Å². The molecule has 1 unspecified atom stereocenters. The average Bonchev–Trinajstić information content (AvgIpc) is 3.59. The fraction of sp³-hybridized carbons (Fsp3) is 0.129. The number of esters is 1. The third kappa shape index (κ3) is 4.41. The summed E-state index contributed by atoms with van der Waals surface area (Å²) < 4.78 is 13.6. The molecule has 0 amide bonds. The molecule has 0 aliphatic carbocycles. The van der Waals surface area contributed by atoms with Crippen LogP contribution in [-0.2, 0) is 9.53 Å². The molecule has 0 radical (unpaired) electrons. The summed E-state index contributed by atoms with van der Waals surface area (Å²) >= 11 is 2.87. The molecule has 6 nitrogen and oxygen atoms in total. The molecule has 0 saturated carbocycles. The van der Waals surface area contributed by atoms with Gasteiger partial charge in [-0.3, -0.25) is 9.36 Å². The number of carbonyl (C=O) groups excluding carboxylic acids is 1. The van der Waals surface area contributed by atoms with E-state index in [2.05, 4.69) is 0 Å². The van der Waals surface area contributed by atoms with Crippen molar-refractivity contribution in [3.8, 4) is 5.75 Å². The van der Waals surface area contributed by atoms with E-state index in [0.29, 0.717) is 31.9 Å². The third-order valence-electron chi connectivity index (χ3n) is 6.61. The Bertz CT molecular complexity index is 1900. The van der Waals surface area contributed by atoms with Crippen molar-refractivity contribution < 1.29 is 14.3 Å². The second kappa shape index (κ2) is 10.5. The first-order chi connectivity index (χ1) is 19.1. The van der Waals surface area contributed by atoms with Crippen LogP contribution < -0.4 is 19.6 Å². The molecule has 0 spiro atoms. The Kier molecular flexibility index (Phi) is 6.72. The van der Waals surface area contributed by atoms with Crippen LogP contribution in [0.2, 0.25) is 0 Å². The van der Waals surface area contributed by atoms with E-state index in [1.807, 2.05) is 90.3 Å². The van der Waals surface area contributed by atoms with Gasteiger partial charge < -0.3 is 9.47 Å². The number of nitrogens with zero attached hydrogens (tertiary/aromatic N) is 2. The van der Waals surface area contributed by atoms with E-state index >= 15 is 0 Å². The van der Waals surface area contributed by atoms with Gasteiger partial charge in [0.1, 0.15) is 11.8 Å². The lowest BCUT2D eigenvalue weighted by Gasteiger charge is -2.28. The quantitative estimate of drug-likeness (QED) is 0.273. The van der Waals surface area contributed by atoms with Crippen LogP contribution in [0.4, 0.5) is 0 Å². The van der Waals surface area contributed by atoms with E-state index in [-0.39, 0.29) is 12.2 Å². The second-order valence-electron chi connectivity index (χ2n) is 8.85. The van der Waals surface area contributed by atoms with Crippen molar-refractivity contribution in [2.45, 2.75) is 13.0 Å². The van der Waals surface area contributed by atoms with Crippen molar-refractivity contribution in [1.29, 1.82) is 0 Å². The normalized spacial score (nSPS) is 15.2. The molecule has 5 aromatic rings. The Morgan fingerprint density at radius 2 is 1.82 bits per heavy atom. The molecule has 3 aromatic carbocycles. The zero-order chi connectivity index (χ0) is 26.9. The fourth-order valence-corrected chi connectivity index (χ4v) is 6.68. The van der Waals surface area contributed by atoms with E-state index in [1.54, 1.807) is 29.9 Å². The highest BCUT2D eigenvalue weighted by Gasteiger charge is 2.37. The lowest BCUT2D eigenvalue weighted by molar-refractivity contribution is -0.138. The molecule has 6 rings (SSSR count). The first-order valence-electron chi connectivity index (χ1n) is 12.5. The minimum Gasteiger partial charge on any atom is -0.496 e. The molecular weight excluding hydrogens is 528 g/mol. The number of benzene rings is 3. The van der Waals surface area contributed by atoms with E-state index in [1.165, 1.54) is 11.3 Å². The van der Waals surface area contributed by atoms with E-state index in [4.69, 9.17) is 14.5 Å². The number of fused-ring (bicyclic) bond motifs is 2. The van der Waals surface area contributed by atoms with Crippen LogP contribution in [0.15, 0.2) is 99.6 Å². The summed E-state index contributed by atoms with van der Waals surface area (Å²) in [5.41, 5.74) is 2.04. The number of hydrogen-bond donors (Lipinski definition) is 0. The highest BCUT2D eigenvalue weighted by atomic mass is 32.1. The molecule has 0 bridgehead atoms. The summed E-state index contributed by atoms with van der Waals surface area (Å²) in [6, 6.07) is 24.4. The Morgan fingerprint density at radius 1 is 1.03 bits per heavy atom. The zero-order valence-corrected chi connectivity index (χ0v) is 22.9. The number of rotatable bonds is 6. The first kappa shape index (κ1) is 25.0. The third-order valence-corrected chi connectivity index (χ3v) is 8.42. The molecular formula is C31H24N2O4S2. The van der Waals surface area contributed by atoms with Crippen molar-refractivity contribution in [2.75, 3.05) is 13.7 Å². The topological polar surface area (TPSA) is 69.9 Å². The number of thiazole rings is 1. The van der Waals surface area contributed by atoms with Crippen molar-refractivity contribution in [2.24, 2.45) is 4.99 Å². The summed E-state index contributed by atoms with van der Waals surface area (Å²) in [6.07, 6.45) is 1.88. The van der Waals surface area contributed by atoms with Crippen molar-refractivity contribution in [1.82, 2.24) is 4.57 Å². The standard InChI is InChI=1S/C31H24N2O4S2/c1-3-37-30(35)26-27(20-11-5-4-6-12-20)32-31-33(29(34)24(39-31)18-21-13-9-17-38-21)28(26)25-22-14-8-7-10-19(22)15-16-23(25)36-2/h4-18,28H,3H2,1-2H3/b24-18-. The smallest absolute Gasteiger partial charge is 0.338 e. The number of methoxy groups -OCH3 is 1.